The normalized spacial score (nSPS) is 30.1. The lowest BCUT2D eigenvalue weighted by molar-refractivity contribution is -0.119. The number of oxime groups is 1. The van der Waals surface area contributed by atoms with Crippen LogP contribution in [-0.4, -0.2) is 17.6 Å². The zero-order valence-electron chi connectivity index (χ0n) is 9.69. The lowest BCUT2D eigenvalue weighted by atomic mass is 9.92. The third kappa shape index (κ3) is 1.65. The summed E-state index contributed by atoms with van der Waals surface area (Å²) in [5, 5.41) is 5.04. The van der Waals surface area contributed by atoms with Crippen LogP contribution in [0.1, 0.15) is 18.9 Å². The molecule has 0 spiro atoms. The van der Waals surface area contributed by atoms with E-state index in [1.54, 1.807) is 18.2 Å². The van der Waals surface area contributed by atoms with Gasteiger partial charge in [0.1, 0.15) is 23.5 Å². The molecule has 3 nitrogen and oxygen atoms in total. The molecule has 3 atom stereocenters. The van der Waals surface area contributed by atoms with Gasteiger partial charge in [0.25, 0.3) is 0 Å². The Bertz CT molecular complexity index is 536. The number of carbonyl (C=O) groups excluding carboxylic acids is 1. The molecule has 3 rings (SSSR count). The summed E-state index contributed by atoms with van der Waals surface area (Å²) in [7, 11) is 0. The van der Waals surface area contributed by atoms with Crippen molar-refractivity contribution >= 4 is 34.7 Å². The van der Waals surface area contributed by atoms with Crippen LogP contribution in [0.2, 0.25) is 10.0 Å². The number of ketones is 1. The monoisotopic (exact) mass is 283 g/mol. The summed E-state index contributed by atoms with van der Waals surface area (Å²) in [6, 6.07) is 5.24. The second kappa shape index (κ2) is 4.25. The van der Waals surface area contributed by atoms with Crippen LogP contribution in [0.15, 0.2) is 23.4 Å². The first kappa shape index (κ1) is 12.0. The topological polar surface area (TPSA) is 38.7 Å². The Labute approximate surface area is 115 Å². The van der Waals surface area contributed by atoms with Crippen molar-refractivity contribution in [2.45, 2.75) is 19.4 Å². The molecule has 1 saturated carbocycles. The molecule has 0 radical (unpaired) electrons. The van der Waals surface area contributed by atoms with Crippen molar-refractivity contribution in [3.63, 3.8) is 0 Å². The van der Waals surface area contributed by atoms with Gasteiger partial charge in [0, 0.05) is 17.9 Å². The van der Waals surface area contributed by atoms with Crippen LogP contribution in [0.3, 0.4) is 0 Å². The van der Waals surface area contributed by atoms with Crippen LogP contribution in [0.25, 0.3) is 0 Å². The fourth-order valence-corrected chi connectivity index (χ4v) is 3.25. The van der Waals surface area contributed by atoms with Gasteiger partial charge in [-0.05, 0) is 12.1 Å². The van der Waals surface area contributed by atoms with E-state index in [4.69, 9.17) is 28.0 Å². The molecule has 1 aromatic carbocycles. The van der Waals surface area contributed by atoms with Crippen LogP contribution >= 0.6 is 23.2 Å². The maximum Gasteiger partial charge on any atom is 0.146 e. The molecule has 2 aliphatic rings. The third-order valence-corrected chi connectivity index (χ3v) is 4.18. The number of carbonyl (C=O) groups is 1. The highest BCUT2D eigenvalue weighted by atomic mass is 35.5. The number of fused-ring (bicyclic) bond motifs is 1. The number of benzene rings is 1. The first-order valence-electron chi connectivity index (χ1n) is 5.80. The molecule has 1 heterocycles. The average molecular weight is 284 g/mol. The highest BCUT2D eigenvalue weighted by Gasteiger charge is 2.49. The summed E-state index contributed by atoms with van der Waals surface area (Å²) in [5.74, 6) is 0.0159. The largest absolute Gasteiger partial charge is 0.391 e. The fourth-order valence-electron chi connectivity index (χ4n) is 2.66. The minimum atomic E-state index is -0.322. The Morgan fingerprint density at radius 2 is 2.00 bits per heavy atom. The van der Waals surface area contributed by atoms with Gasteiger partial charge < -0.3 is 4.84 Å². The Morgan fingerprint density at radius 1 is 1.33 bits per heavy atom. The number of hydrogen-bond donors (Lipinski definition) is 0. The smallest absolute Gasteiger partial charge is 0.146 e. The van der Waals surface area contributed by atoms with Crippen molar-refractivity contribution in [1.29, 1.82) is 0 Å². The number of Topliss-reactive ketones (excluding diaryl/α,β-unsaturated/α-hetero) is 1. The summed E-state index contributed by atoms with van der Waals surface area (Å²) in [6.45, 7) is 2.00. The number of hydrogen-bond acceptors (Lipinski definition) is 3. The highest BCUT2D eigenvalue weighted by Crippen LogP contribution is 2.40. The van der Waals surface area contributed by atoms with E-state index in [0.29, 0.717) is 27.7 Å². The summed E-state index contributed by atoms with van der Waals surface area (Å²) in [4.78, 5) is 17.4. The quantitative estimate of drug-likeness (QED) is 0.793. The molecule has 0 aromatic heterocycles. The van der Waals surface area contributed by atoms with Gasteiger partial charge in [-0.2, -0.15) is 0 Å². The Kier molecular flexibility index (Phi) is 2.83. The molecule has 94 valence electrons. The van der Waals surface area contributed by atoms with E-state index >= 15 is 0 Å². The molecule has 5 heteroatoms. The van der Waals surface area contributed by atoms with Crippen LogP contribution < -0.4 is 0 Å². The molecule has 0 amide bonds. The van der Waals surface area contributed by atoms with E-state index < -0.39 is 0 Å². The van der Waals surface area contributed by atoms with Crippen molar-refractivity contribution in [3.8, 4) is 0 Å². The second-order valence-electron chi connectivity index (χ2n) is 4.77. The lowest BCUT2D eigenvalue weighted by Crippen LogP contribution is -2.26. The molecule has 1 aromatic rings. The number of halogens is 2. The predicted octanol–water partition coefficient (Wildman–Crippen LogP) is 3.32. The Morgan fingerprint density at radius 3 is 2.67 bits per heavy atom. The van der Waals surface area contributed by atoms with Gasteiger partial charge >= 0.3 is 0 Å². The van der Waals surface area contributed by atoms with Gasteiger partial charge in [0.05, 0.1) is 10.0 Å². The van der Waals surface area contributed by atoms with E-state index in [1.807, 2.05) is 6.92 Å². The molecular formula is C13H11Cl2NO2. The summed E-state index contributed by atoms with van der Waals surface area (Å²) in [6.07, 6.45) is 0.357. The van der Waals surface area contributed by atoms with Gasteiger partial charge in [-0.3, -0.25) is 4.79 Å². The van der Waals surface area contributed by atoms with E-state index in [2.05, 4.69) is 5.16 Å². The predicted molar refractivity (Wildman–Crippen MR) is 70.2 cm³/mol. The van der Waals surface area contributed by atoms with Crippen LogP contribution in [-0.2, 0) is 9.63 Å². The maximum absolute atomic E-state index is 12.0. The SMILES string of the molecule is C[C@H]1CC(=O)[C@H]2C(c3c(Cl)cccc3Cl)=NO[C@H]21. The molecule has 18 heavy (non-hydrogen) atoms. The Hall–Kier alpha value is -1.06. The molecule has 0 saturated heterocycles. The molecule has 0 unspecified atom stereocenters. The van der Waals surface area contributed by atoms with E-state index in [0.717, 1.165) is 0 Å². The number of rotatable bonds is 1. The zero-order valence-corrected chi connectivity index (χ0v) is 11.2. The van der Waals surface area contributed by atoms with Crippen molar-refractivity contribution in [1.82, 2.24) is 0 Å². The van der Waals surface area contributed by atoms with Gasteiger partial charge in [0.2, 0.25) is 0 Å². The summed E-state index contributed by atoms with van der Waals surface area (Å²) >= 11 is 12.3. The van der Waals surface area contributed by atoms with Crippen LogP contribution in [0, 0.1) is 11.8 Å². The van der Waals surface area contributed by atoms with Gasteiger partial charge in [-0.15, -0.1) is 0 Å². The minimum Gasteiger partial charge on any atom is -0.391 e. The summed E-state index contributed by atoms with van der Waals surface area (Å²) in [5.41, 5.74) is 1.20. The molecular weight excluding hydrogens is 273 g/mol. The van der Waals surface area contributed by atoms with Gasteiger partial charge in [-0.25, -0.2) is 0 Å². The van der Waals surface area contributed by atoms with E-state index in [9.17, 15) is 4.79 Å². The van der Waals surface area contributed by atoms with Gasteiger partial charge in [-0.1, -0.05) is 41.3 Å². The standard InChI is InChI=1S/C13H11Cl2NO2/c1-6-5-9(17)11-12(16-18-13(6)11)10-7(14)3-2-4-8(10)15/h2-4,6,11,13H,5H2,1H3/t6-,11-,13-/m0/s1. The van der Waals surface area contributed by atoms with Crippen LogP contribution in [0.4, 0.5) is 0 Å². The van der Waals surface area contributed by atoms with E-state index in [-0.39, 0.29) is 23.7 Å². The average Bonchev–Trinajstić information content (AvgIpc) is 2.83. The molecule has 1 aliphatic heterocycles. The third-order valence-electron chi connectivity index (χ3n) is 3.55. The van der Waals surface area contributed by atoms with Crippen LogP contribution in [0.5, 0.6) is 0 Å². The molecule has 0 N–H and O–H groups in total. The maximum atomic E-state index is 12.0. The van der Waals surface area contributed by atoms with Crippen molar-refractivity contribution in [2.24, 2.45) is 17.0 Å². The Balaban J connectivity index is 2.06. The molecule has 0 bridgehead atoms. The second-order valence-corrected chi connectivity index (χ2v) is 5.58. The zero-order chi connectivity index (χ0) is 12.9. The first-order chi connectivity index (χ1) is 8.59. The van der Waals surface area contributed by atoms with Gasteiger partial charge in [0.15, 0.2) is 0 Å². The van der Waals surface area contributed by atoms with Crippen molar-refractivity contribution in [3.05, 3.63) is 33.8 Å². The van der Waals surface area contributed by atoms with E-state index in [1.165, 1.54) is 0 Å². The minimum absolute atomic E-state index is 0.153. The molecule has 1 aliphatic carbocycles. The number of nitrogens with zero attached hydrogens (tertiary/aromatic N) is 1. The lowest BCUT2D eigenvalue weighted by Gasteiger charge is -2.12. The molecule has 1 fully saturated rings. The fraction of sp³-hybridized carbons (Fsp3) is 0.385. The highest BCUT2D eigenvalue weighted by molar-refractivity contribution is 6.41. The summed E-state index contributed by atoms with van der Waals surface area (Å²) < 4.78 is 0. The first-order valence-corrected chi connectivity index (χ1v) is 6.56. The van der Waals surface area contributed by atoms with Crippen molar-refractivity contribution < 1.29 is 9.63 Å². The van der Waals surface area contributed by atoms with Crippen molar-refractivity contribution in [2.75, 3.05) is 0 Å².